The fraction of sp³-hybridized carbons (Fsp3) is 0.250. The lowest BCUT2D eigenvalue weighted by Crippen LogP contribution is -1.97. The largest absolute Gasteiger partial charge is 0.494 e. The first kappa shape index (κ1) is 11.6. The number of nitro groups is 1. The number of benzene rings is 1. The zero-order chi connectivity index (χ0) is 11.6. The first-order chi connectivity index (χ1) is 6.99. The number of nitro benzene ring substituents is 1. The second-order valence-corrected chi connectivity index (χ2v) is 2.96. The minimum Gasteiger partial charge on any atom is -0.494 e. The van der Waals surface area contributed by atoms with E-state index in [1.54, 1.807) is 0 Å². The molecule has 0 heterocycles. The third kappa shape index (κ3) is 2.15. The number of hydrogen-bond donors (Lipinski definition) is 0. The molecule has 1 aromatic rings. The van der Waals surface area contributed by atoms with Crippen molar-refractivity contribution in [2.24, 2.45) is 0 Å². The third-order valence-electron chi connectivity index (χ3n) is 1.74. The van der Waals surface area contributed by atoms with Crippen LogP contribution < -0.4 is 4.74 Å². The number of methoxy groups -OCH3 is 1. The maximum Gasteiger partial charge on any atom is 0.291 e. The zero-order valence-electron chi connectivity index (χ0n) is 7.54. The normalized spacial score (nSPS) is 10.5. The summed E-state index contributed by atoms with van der Waals surface area (Å²) >= 11 is 5.55. The topological polar surface area (TPSA) is 52.4 Å². The fourth-order valence-electron chi connectivity index (χ4n) is 1.08. The van der Waals surface area contributed by atoms with Crippen LogP contribution in [0.1, 0.15) is 12.0 Å². The van der Waals surface area contributed by atoms with E-state index in [2.05, 4.69) is 4.74 Å². The van der Waals surface area contributed by atoms with Crippen molar-refractivity contribution in [3.05, 3.63) is 32.8 Å². The summed E-state index contributed by atoms with van der Waals surface area (Å²) in [7, 11) is 1.12. The van der Waals surface area contributed by atoms with Crippen LogP contribution in [0.3, 0.4) is 0 Å². The van der Waals surface area contributed by atoms with Gasteiger partial charge in [-0.15, -0.1) is 0 Å². The van der Waals surface area contributed by atoms with E-state index in [4.69, 9.17) is 11.6 Å². The molecule has 0 unspecified atom stereocenters. The van der Waals surface area contributed by atoms with Crippen molar-refractivity contribution < 1.29 is 18.4 Å². The van der Waals surface area contributed by atoms with Gasteiger partial charge in [-0.05, 0) is 6.07 Å². The maximum absolute atomic E-state index is 12.4. The van der Waals surface area contributed by atoms with Crippen LogP contribution in [-0.4, -0.2) is 12.0 Å². The van der Waals surface area contributed by atoms with Gasteiger partial charge in [0.05, 0.1) is 17.6 Å². The summed E-state index contributed by atoms with van der Waals surface area (Å²) in [5, 5.41) is 10.0. The second kappa shape index (κ2) is 4.39. The number of nitrogens with zero attached hydrogens (tertiary/aromatic N) is 1. The summed E-state index contributed by atoms with van der Waals surface area (Å²) < 4.78 is 29.4. The van der Waals surface area contributed by atoms with Crippen molar-refractivity contribution in [2.75, 3.05) is 7.11 Å². The highest BCUT2D eigenvalue weighted by Gasteiger charge is 2.23. The first-order valence-electron chi connectivity index (χ1n) is 3.78. The van der Waals surface area contributed by atoms with Gasteiger partial charge in [0.1, 0.15) is 0 Å². The Labute approximate surface area is 88.6 Å². The van der Waals surface area contributed by atoms with Gasteiger partial charge in [0, 0.05) is 6.07 Å². The molecule has 0 atom stereocenters. The van der Waals surface area contributed by atoms with Gasteiger partial charge in [0.25, 0.3) is 12.1 Å². The molecule has 0 saturated heterocycles. The molecule has 0 N–H and O–H groups in total. The minimum atomic E-state index is -2.79. The van der Waals surface area contributed by atoms with Crippen molar-refractivity contribution in [1.82, 2.24) is 0 Å². The van der Waals surface area contributed by atoms with Crippen LogP contribution in [0.15, 0.2) is 12.1 Å². The summed E-state index contributed by atoms with van der Waals surface area (Å²) in [5.41, 5.74) is -0.925. The molecule has 0 spiro atoms. The molecule has 1 aromatic carbocycles. The van der Waals surface area contributed by atoms with Crippen LogP contribution >= 0.6 is 11.6 Å². The number of hydrogen-bond acceptors (Lipinski definition) is 3. The third-order valence-corrected chi connectivity index (χ3v) is 2.11. The molecule has 4 nitrogen and oxygen atoms in total. The first-order valence-corrected chi connectivity index (χ1v) is 4.15. The predicted octanol–water partition coefficient (Wildman–Crippen LogP) is 3.19. The Bertz CT molecular complexity index is 398. The van der Waals surface area contributed by atoms with Crippen molar-refractivity contribution >= 4 is 17.3 Å². The standard InChI is InChI=1S/C8H6ClF2NO3/c1-15-7-4(8(10)11)2-3-5(6(7)9)12(13)14/h2-3,8H,1H3. The van der Waals surface area contributed by atoms with Crippen LogP contribution in [0.25, 0.3) is 0 Å². The molecule has 0 amide bonds. The van der Waals surface area contributed by atoms with E-state index in [-0.39, 0.29) is 5.75 Å². The average molecular weight is 238 g/mol. The van der Waals surface area contributed by atoms with Crippen molar-refractivity contribution in [1.29, 1.82) is 0 Å². The summed E-state index contributed by atoms with van der Waals surface area (Å²) in [4.78, 5) is 9.69. The van der Waals surface area contributed by atoms with E-state index in [1.165, 1.54) is 0 Å². The van der Waals surface area contributed by atoms with Gasteiger partial charge in [0.15, 0.2) is 10.8 Å². The Kier molecular flexibility index (Phi) is 3.41. The van der Waals surface area contributed by atoms with Crippen LogP contribution in [0, 0.1) is 10.1 Å². The number of alkyl halides is 2. The van der Waals surface area contributed by atoms with E-state index in [0.717, 1.165) is 19.2 Å². The number of ether oxygens (including phenoxy) is 1. The molecule has 0 aliphatic heterocycles. The Hall–Kier alpha value is -1.43. The minimum absolute atomic E-state index is 0.360. The van der Waals surface area contributed by atoms with Gasteiger partial charge in [-0.1, -0.05) is 11.6 Å². The molecule has 15 heavy (non-hydrogen) atoms. The van der Waals surface area contributed by atoms with Gasteiger partial charge in [0.2, 0.25) is 0 Å². The van der Waals surface area contributed by atoms with Crippen LogP contribution in [0.5, 0.6) is 5.75 Å². The van der Waals surface area contributed by atoms with Crippen molar-refractivity contribution in [3.63, 3.8) is 0 Å². The molecule has 7 heteroatoms. The highest BCUT2D eigenvalue weighted by Crippen LogP contribution is 2.40. The molecule has 0 fully saturated rings. The molecule has 0 aliphatic rings. The Morgan fingerprint density at radius 2 is 2.13 bits per heavy atom. The Morgan fingerprint density at radius 1 is 1.53 bits per heavy atom. The molecular weight excluding hydrogens is 232 g/mol. The zero-order valence-corrected chi connectivity index (χ0v) is 8.29. The summed E-state index contributed by atoms with van der Waals surface area (Å²) in [6.07, 6.45) is -2.79. The van der Waals surface area contributed by atoms with Crippen molar-refractivity contribution in [2.45, 2.75) is 6.43 Å². The molecule has 0 bridgehead atoms. The molecule has 0 aromatic heterocycles. The van der Waals surface area contributed by atoms with E-state index in [9.17, 15) is 18.9 Å². The highest BCUT2D eigenvalue weighted by molar-refractivity contribution is 6.34. The molecule has 0 radical (unpaired) electrons. The summed E-state index contributed by atoms with van der Waals surface area (Å²) in [5.74, 6) is -0.360. The SMILES string of the molecule is COc1c(C(F)F)ccc([N+](=O)[O-])c1Cl. The monoisotopic (exact) mass is 237 g/mol. The molecule has 0 aliphatic carbocycles. The van der Waals surface area contributed by atoms with E-state index >= 15 is 0 Å². The Balaban J connectivity index is 3.39. The van der Waals surface area contributed by atoms with E-state index < -0.39 is 27.6 Å². The Morgan fingerprint density at radius 3 is 2.53 bits per heavy atom. The van der Waals surface area contributed by atoms with E-state index in [0.29, 0.717) is 0 Å². The number of rotatable bonds is 3. The predicted molar refractivity (Wildman–Crippen MR) is 49.6 cm³/mol. The van der Waals surface area contributed by atoms with Gasteiger partial charge in [-0.3, -0.25) is 10.1 Å². The lowest BCUT2D eigenvalue weighted by Gasteiger charge is -2.09. The van der Waals surface area contributed by atoms with Gasteiger partial charge < -0.3 is 4.74 Å². The molecule has 82 valence electrons. The van der Waals surface area contributed by atoms with Crippen LogP contribution in [0.4, 0.5) is 14.5 Å². The van der Waals surface area contributed by atoms with Crippen molar-refractivity contribution in [3.8, 4) is 5.75 Å². The lowest BCUT2D eigenvalue weighted by molar-refractivity contribution is -0.384. The van der Waals surface area contributed by atoms with Crippen LogP contribution in [-0.2, 0) is 0 Å². The highest BCUT2D eigenvalue weighted by atomic mass is 35.5. The number of halogens is 3. The van der Waals surface area contributed by atoms with Gasteiger partial charge >= 0.3 is 0 Å². The second-order valence-electron chi connectivity index (χ2n) is 2.58. The summed E-state index contributed by atoms with van der Waals surface area (Å²) in [6.45, 7) is 0. The molecule has 0 saturated carbocycles. The van der Waals surface area contributed by atoms with Gasteiger partial charge in [-0.25, -0.2) is 8.78 Å². The molecule has 1 rings (SSSR count). The fourth-order valence-corrected chi connectivity index (χ4v) is 1.40. The smallest absolute Gasteiger partial charge is 0.291 e. The van der Waals surface area contributed by atoms with Crippen LogP contribution in [0.2, 0.25) is 5.02 Å². The molecular formula is C8H6ClF2NO3. The van der Waals surface area contributed by atoms with E-state index in [1.807, 2.05) is 0 Å². The average Bonchev–Trinajstić information content (AvgIpc) is 2.16. The lowest BCUT2D eigenvalue weighted by atomic mass is 10.2. The maximum atomic E-state index is 12.4. The van der Waals surface area contributed by atoms with Gasteiger partial charge in [-0.2, -0.15) is 0 Å². The quantitative estimate of drug-likeness (QED) is 0.599. The summed E-state index contributed by atoms with van der Waals surface area (Å²) in [6, 6.07) is 1.85.